The highest BCUT2D eigenvalue weighted by atomic mass is 32.1. The van der Waals surface area contributed by atoms with Crippen molar-refractivity contribution in [3.63, 3.8) is 0 Å². The number of aromatic nitrogens is 3. The molecule has 2 heterocycles. The Labute approximate surface area is 155 Å². The van der Waals surface area contributed by atoms with Gasteiger partial charge < -0.3 is 9.88 Å². The highest BCUT2D eigenvalue weighted by Gasteiger charge is 2.11. The lowest BCUT2D eigenvalue weighted by Crippen LogP contribution is -2.25. The Kier molecular flexibility index (Phi) is 4.75. The molecular weight excluding hydrogens is 344 g/mol. The molecule has 1 N–H and O–H groups in total. The third kappa shape index (κ3) is 3.50. The largest absolute Gasteiger partial charge is 0.351 e. The Morgan fingerprint density at radius 2 is 1.88 bits per heavy atom. The summed E-state index contributed by atoms with van der Waals surface area (Å²) in [7, 11) is 0. The van der Waals surface area contributed by atoms with Gasteiger partial charge in [-0.05, 0) is 18.6 Å². The molecule has 0 radical (unpaired) electrons. The van der Waals surface area contributed by atoms with Crippen molar-refractivity contribution in [3.05, 3.63) is 72.0 Å². The van der Waals surface area contributed by atoms with Gasteiger partial charge >= 0.3 is 0 Å². The number of amides is 1. The minimum absolute atomic E-state index is 0.126. The van der Waals surface area contributed by atoms with Gasteiger partial charge in [0.2, 0.25) is 0 Å². The molecule has 0 aliphatic carbocycles. The summed E-state index contributed by atoms with van der Waals surface area (Å²) in [5, 5.41) is 5.61. The molecular formula is C20H18N4OS. The van der Waals surface area contributed by atoms with Gasteiger partial charge in [-0.15, -0.1) is 11.3 Å². The van der Waals surface area contributed by atoms with E-state index in [1.54, 1.807) is 5.38 Å². The maximum Gasteiger partial charge on any atom is 0.270 e. The highest BCUT2D eigenvalue weighted by molar-refractivity contribution is 7.13. The van der Waals surface area contributed by atoms with Crippen molar-refractivity contribution in [2.45, 2.75) is 13.0 Å². The number of carbonyl (C=O) groups excluding carboxylic acids is 1. The number of hydrogen-bond acceptors (Lipinski definition) is 4. The van der Waals surface area contributed by atoms with Crippen LogP contribution < -0.4 is 5.32 Å². The van der Waals surface area contributed by atoms with E-state index in [-0.39, 0.29) is 5.91 Å². The standard InChI is InChI=1S/C20H18N4OS/c25-19(17-13-26-20(23-17)15-7-2-1-3-8-15)21-11-6-12-24-14-22-16-9-4-5-10-18(16)24/h1-5,7-10,13-14H,6,11-12H2,(H,21,25). The van der Waals surface area contributed by atoms with E-state index < -0.39 is 0 Å². The van der Waals surface area contributed by atoms with Crippen LogP contribution in [0.4, 0.5) is 0 Å². The monoisotopic (exact) mass is 362 g/mol. The molecule has 2 aromatic carbocycles. The van der Waals surface area contributed by atoms with Crippen LogP contribution in [0.5, 0.6) is 0 Å². The highest BCUT2D eigenvalue weighted by Crippen LogP contribution is 2.23. The number of thiazole rings is 1. The van der Waals surface area contributed by atoms with Gasteiger partial charge in [0.15, 0.2) is 0 Å². The second-order valence-electron chi connectivity index (χ2n) is 5.94. The van der Waals surface area contributed by atoms with Crippen LogP contribution in [0, 0.1) is 0 Å². The van der Waals surface area contributed by atoms with E-state index in [0.717, 1.165) is 34.6 Å². The Balaban J connectivity index is 1.31. The summed E-state index contributed by atoms with van der Waals surface area (Å²) in [4.78, 5) is 21.1. The molecule has 0 atom stereocenters. The molecule has 4 aromatic rings. The first-order valence-electron chi connectivity index (χ1n) is 8.50. The summed E-state index contributed by atoms with van der Waals surface area (Å²) in [6.07, 6.45) is 2.68. The number of para-hydroxylation sites is 2. The molecule has 0 unspecified atom stereocenters. The van der Waals surface area contributed by atoms with E-state index in [1.807, 2.05) is 54.9 Å². The van der Waals surface area contributed by atoms with Crippen LogP contribution in [0.15, 0.2) is 66.3 Å². The number of nitrogens with one attached hydrogen (secondary N) is 1. The van der Waals surface area contributed by atoms with E-state index in [1.165, 1.54) is 11.3 Å². The van der Waals surface area contributed by atoms with Crippen molar-refractivity contribution in [2.75, 3.05) is 6.54 Å². The Bertz CT molecular complexity index is 1020. The van der Waals surface area contributed by atoms with Crippen molar-refractivity contribution in [1.82, 2.24) is 19.9 Å². The second kappa shape index (κ2) is 7.49. The third-order valence-electron chi connectivity index (χ3n) is 4.15. The zero-order valence-corrected chi connectivity index (χ0v) is 14.9. The van der Waals surface area contributed by atoms with Crippen molar-refractivity contribution in [3.8, 4) is 10.6 Å². The number of hydrogen-bond donors (Lipinski definition) is 1. The van der Waals surface area contributed by atoms with Crippen molar-refractivity contribution >= 4 is 28.3 Å². The Morgan fingerprint density at radius 1 is 1.08 bits per heavy atom. The van der Waals surface area contributed by atoms with Crippen LogP contribution in [0.1, 0.15) is 16.9 Å². The minimum Gasteiger partial charge on any atom is -0.351 e. The minimum atomic E-state index is -0.126. The van der Waals surface area contributed by atoms with Crippen LogP contribution in [0.25, 0.3) is 21.6 Å². The molecule has 0 saturated carbocycles. The summed E-state index contributed by atoms with van der Waals surface area (Å²) >= 11 is 1.49. The van der Waals surface area contributed by atoms with Gasteiger partial charge in [-0.1, -0.05) is 42.5 Å². The van der Waals surface area contributed by atoms with E-state index in [2.05, 4.69) is 25.9 Å². The van der Waals surface area contributed by atoms with Crippen LogP contribution in [-0.2, 0) is 6.54 Å². The van der Waals surface area contributed by atoms with Gasteiger partial charge in [0.05, 0.1) is 17.4 Å². The maximum atomic E-state index is 12.3. The molecule has 5 nitrogen and oxygen atoms in total. The second-order valence-corrected chi connectivity index (χ2v) is 6.80. The van der Waals surface area contributed by atoms with Gasteiger partial charge in [0.25, 0.3) is 5.91 Å². The predicted octanol–water partition coefficient (Wildman–Crippen LogP) is 3.98. The summed E-state index contributed by atoms with van der Waals surface area (Å²) in [5.74, 6) is -0.126. The fraction of sp³-hybridized carbons (Fsp3) is 0.150. The van der Waals surface area contributed by atoms with E-state index >= 15 is 0 Å². The van der Waals surface area contributed by atoms with Crippen molar-refractivity contribution in [2.24, 2.45) is 0 Å². The fourth-order valence-corrected chi connectivity index (χ4v) is 3.63. The topological polar surface area (TPSA) is 59.8 Å². The first-order valence-corrected chi connectivity index (χ1v) is 9.38. The lowest BCUT2D eigenvalue weighted by atomic mass is 10.2. The quantitative estimate of drug-likeness (QED) is 0.528. The summed E-state index contributed by atoms with van der Waals surface area (Å²) in [6, 6.07) is 17.9. The molecule has 26 heavy (non-hydrogen) atoms. The van der Waals surface area contributed by atoms with Crippen molar-refractivity contribution in [1.29, 1.82) is 0 Å². The maximum absolute atomic E-state index is 12.3. The van der Waals surface area contributed by atoms with Crippen molar-refractivity contribution < 1.29 is 4.79 Å². The molecule has 130 valence electrons. The average Bonchev–Trinajstić information content (AvgIpc) is 3.33. The molecule has 0 spiro atoms. The first kappa shape index (κ1) is 16.5. The molecule has 1 amide bonds. The molecule has 0 bridgehead atoms. The Morgan fingerprint density at radius 3 is 2.77 bits per heavy atom. The Hall–Kier alpha value is -2.99. The molecule has 6 heteroatoms. The lowest BCUT2D eigenvalue weighted by Gasteiger charge is -2.05. The van der Waals surface area contributed by atoms with Crippen LogP contribution >= 0.6 is 11.3 Å². The molecule has 0 aliphatic heterocycles. The molecule has 0 fully saturated rings. The van der Waals surface area contributed by atoms with Gasteiger partial charge in [-0.25, -0.2) is 9.97 Å². The molecule has 4 rings (SSSR count). The number of nitrogens with zero attached hydrogens (tertiary/aromatic N) is 3. The zero-order valence-electron chi connectivity index (χ0n) is 14.1. The van der Waals surface area contributed by atoms with E-state index in [9.17, 15) is 4.79 Å². The smallest absolute Gasteiger partial charge is 0.270 e. The van der Waals surface area contributed by atoms with Gasteiger partial charge in [-0.2, -0.15) is 0 Å². The van der Waals surface area contributed by atoms with E-state index in [0.29, 0.717) is 12.2 Å². The fourth-order valence-electron chi connectivity index (χ4n) is 2.82. The van der Waals surface area contributed by atoms with Crippen LogP contribution in [0.2, 0.25) is 0 Å². The molecule has 0 saturated heterocycles. The number of rotatable bonds is 6. The summed E-state index contributed by atoms with van der Waals surface area (Å²) < 4.78 is 2.11. The number of imidazole rings is 1. The average molecular weight is 362 g/mol. The van der Waals surface area contributed by atoms with Gasteiger partial charge in [-0.3, -0.25) is 4.79 Å². The number of benzene rings is 2. The SMILES string of the molecule is O=C(NCCCn1cnc2ccccc21)c1csc(-c2ccccc2)n1. The van der Waals surface area contributed by atoms with E-state index in [4.69, 9.17) is 0 Å². The summed E-state index contributed by atoms with van der Waals surface area (Å²) in [5.41, 5.74) is 3.61. The zero-order chi connectivity index (χ0) is 17.8. The molecule has 2 aromatic heterocycles. The third-order valence-corrected chi connectivity index (χ3v) is 5.04. The predicted molar refractivity (Wildman–Crippen MR) is 104 cm³/mol. The number of carbonyl (C=O) groups is 1. The number of fused-ring (bicyclic) bond motifs is 1. The first-order chi connectivity index (χ1) is 12.8. The van der Waals surface area contributed by atoms with Gasteiger partial charge in [0.1, 0.15) is 10.7 Å². The van der Waals surface area contributed by atoms with Gasteiger partial charge in [0, 0.05) is 24.0 Å². The summed E-state index contributed by atoms with van der Waals surface area (Å²) in [6.45, 7) is 1.41. The van der Waals surface area contributed by atoms with Crippen LogP contribution in [0.3, 0.4) is 0 Å². The normalized spacial score (nSPS) is 10.9. The number of aryl methyl sites for hydroxylation is 1. The van der Waals surface area contributed by atoms with Crippen LogP contribution in [-0.4, -0.2) is 27.0 Å². The molecule has 0 aliphatic rings. The lowest BCUT2D eigenvalue weighted by molar-refractivity contribution is 0.0948.